The molecular formula is C21H16FNO2S. The highest BCUT2D eigenvalue weighted by Crippen LogP contribution is 2.42. The van der Waals surface area contributed by atoms with Crippen molar-refractivity contribution in [2.24, 2.45) is 0 Å². The third kappa shape index (κ3) is 3.44. The van der Waals surface area contributed by atoms with Gasteiger partial charge in [-0.25, -0.2) is 4.39 Å². The van der Waals surface area contributed by atoms with E-state index in [1.54, 1.807) is 28.8 Å². The first-order valence-corrected chi connectivity index (χ1v) is 9.28. The summed E-state index contributed by atoms with van der Waals surface area (Å²) in [4.78, 5) is 14.2. The van der Waals surface area contributed by atoms with Crippen molar-refractivity contribution < 1.29 is 13.9 Å². The number of rotatable bonds is 4. The number of hydrogen-bond donors (Lipinski definition) is 0. The maximum absolute atomic E-state index is 13.2. The predicted molar refractivity (Wildman–Crippen MR) is 102 cm³/mol. The lowest BCUT2D eigenvalue weighted by Crippen LogP contribution is -2.27. The van der Waals surface area contributed by atoms with Crippen LogP contribution >= 0.6 is 11.8 Å². The Hall–Kier alpha value is -2.79. The average molecular weight is 365 g/mol. The van der Waals surface area contributed by atoms with Crippen LogP contribution in [-0.2, 0) is 4.79 Å². The first-order chi connectivity index (χ1) is 12.7. The lowest BCUT2D eigenvalue weighted by Gasteiger charge is -2.24. The minimum absolute atomic E-state index is 0.0426. The molecular weight excluding hydrogens is 349 g/mol. The van der Waals surface area contributed by atoms with Crippen molar-refractivity contribution in [2.45, 2.75) is 5.37 Å². The highest BCUT2D eigenvalue weighted by Gasteiger charge is 2.34. The molecule has 0 bridgehead atoms. The Morgan fingerprint density at radius 3 is 2.23 bits per heavy atom. The van der Waals surface area contributed by atoms with Crippen LogP contribution in [-0.4, -0.2) is 11.7 Å². The molecule has 0 aromatic heterocycles. The molecule has 130 valence electrons. The van der Waals surface area contributed by atoms with Crippen molar-refractivity contribution in [1.82, 2.24) is 0 Å². The Morgan fingerprint density at radius 1 is 0.885 bits per heavy atom. The van der Waals surface area contributed by atoms with Crippen LogP contribution in [0.1, 0.15) is 10.9 Å². The number of anilines is 1. The molecule has 5 heteroatoms. The number of carbonyl (C=O) groups excluding carboxylic acids is 1. The minimum atomic E-state index is -0.281. The number of nitrogens with zero attached hydrogens (tertiary/aromatic N) is 1. The van der Waals surface area contributed by atoms with E-state index in [-0.39, 0.29) is 17.1 Å². The first-order valence-electron chi connectivity index (χ1n) is 8.23. The van der Waals surface area contributed by atoms with E-state index < -0.39 is 0 Å². The lowest BCUT2D eigenvalue weighted by molar-refractivity contribution is -0.115. The summed E-state index contributed by atoms with van der Waals surface area (Å²) in [6.07, 6.45) is 0. The summed E-state index contributed by atoms with van der Waals surface area (Å²) in [6.45, 7) is 0. The molecule has 1 aliphatic heterocycles. The van der Waals surface area contributed by atoms with Crippen LogP contribution in [0.3, 0.4) is 0 Å². The van der Waals surface area contributed by atoms with Gasteiger partial charge >= 0.3 is 0 Å². The topological polar surface area (TPSA) is 29.5 Å². The Morgan fingerprint density at radius 2 is 1.54 bits per heavy atom. The van der Waals surface area contributed by atoms with Gasteiger partial charge in [-0.05, 0) is 54.1 Å². The van der Waals surface area contributed by atoms with Crippen molar-refractivity contribution in [3.63, 3.8) is 0 Å². The molecule has 0 N–H and O–H groups in total. The normalized spacial score (nSPS) is 16.7. The van der Waals surface area contributed by atoms with Gasteiger partial charge in [-0.1, -0.05) is 30.3 Å². The van der Waals surface area contributed by atoms with Crippen molar-refractivity contribution >= 4 is 23.4 Å². The number of benzene rings is 3. The Bertz CT molecular complexity index is 898. The molecule has 0 radical (unpaired) electrons. The number of ether oxygens (including phenoxy) is 1. The molecule has 26 heavy (non-hydrogen) atoms. The number of thioether (sulfide) groups is 1. The molecule has 1 fully saturated rings. The van der Waals surface area contributed by atoms with E-state index in [0.29, 0.717) is 11.5 Å². The fraction of sp³-hybridized carbons (Fsp3) is 0.0952. The van der Waals surface area contributed by atoms with E-state index >= 15 is 0 Å². The molecule has 4 rings (SSSR count). The summed E-state index contributed by atoms with van der Waals surface area (Å²) in [7, 11) is 0. The number of amides is 1. The smallest absolute Gasteiger partial charge is 0.238 e. The fourth-order valence-electron chi connectivity index (χ4n) is 2.88. The number of para-hydroxylation sites is 1. The van der Waals surface area contributed by atoms with Crippen molar-refractivity contribution in [1.29, 1.82) is 0 Å². The number of halogens is 1. The zero-order chi connectivity index (χ0) is 17.9. The summed E-state index contributed by atoms with van der Waals surface area (Å²) in [6, 6.07) is 23.3. The molecule has 1 atom stereocenters. The Kier molecular flexibility index (Phi) is 4.63. The largest absolute Gasteiger partial charge is 0.457 e. The standard InChI is InChI=1S/C21H16FNO2S/c22-16-8-6-15(7-9-16)21-23(20(24)14-26-21)17-10-12-19(13-11-17)25-18-4-2-1-3-5-18/h1-13,21H,14H2. The summed E-state index contributed by atoms with van der Waals surface area (Å²) >= 11 is 1.54. The van der Waals surface area contributed by atoms with Gasteiger partial charge in [0.2, 0.25) is 5.91 Å². The van der Waals surface area contributed by atoms with Crippen LogP contribution in [0.5, 0.6) is 11.5 Å². The zero-order valence-electron chi connectivity index (χ0n) is 13.8. The first kappa shape index (κ1) is 16.7. The molecule has 3 aromatic rings. The predicted octanol–water partition coefficient (Wildman–Crippen LogP) is 5.40. The van der Waals surface area contributed by atoms with Gasteiger partial charge in [0.15, 0.2) is 0 Å². The third-order valence-corrected chi connectivity index (χ3v) is 5.33. The summed E-state index contributed by atoms with van der Waals surface area (Å²) in [5.74, 6) is 1.64. The highest BCUT2D eigenvalue weighted by atomic mass is 32.2. The van der Waals surface area contributed by atoms with Crippen molar-refractivity contribution in [3.8, 4) is 11.5 Å². The molecule has 3 aromatic carbocycles. The SMILES string of the molecule is O=C1CSC(c2ccc(F)cc2)N1c1ccc(Oc2ccccc2)cc1. The molecule has 0 aliphatic carbocycles. The van der Waals surface area contributed by atoms with Crippen LogP contribution in [0, 0.1) is 5.82 Å². The van der Waals surface area contributed by atoms with Crippen LogP contribution in [0.2, 0.25) is 0 Å². The van der Waals surface area contributed by atoms with Crippen LogP contribution in [0.25, 0.3) is 0 Å². The molecule has 1 amide bonds. The second-order valence-electron chi connectivity index (χ2n) is 5.89. The molecule has 1 heterocycles. The minimum Gasteiger partial charge on any atom is -0.457 e. The van der Waals surface area contributed by atoms with Gasteiger partial charge < -0.3 is 4.74 Å². The lowest BCUT2D eigenvalue weighted by atomic mass is 10.2. The van der Waals surface area contributed by atoms with E-state index in [4.69, 9.17) is 4.74 Å². The fourth-order valence-corrected chi connectivity index (χ4v) is 4.05. The van der Waals surface area contributed by atoms with E-state index in [1.165, 1.54) is 12.1 Å². The maximum atomic E-state index is 13.2. The second kappa shape index (κ2) is 7.22. The Balaban J connectivity index is 1.56. The summed E-state index contributed by atoms with van der Waals surface area (Å²) in [5.41, 5.74) is 1.71. The van der Waals surface area contributed by atoms with Gasteiger partial charge in [0.25, 0.3) is 0 Å². The van der Waals surface area contributed by atoms with Gasteiger partial charge in [0, 0.05) is 5.69 Å². The van der Waals surface area contributed by atoms with Gasteiger partial charge in [0.1, 0.15) is 22.7 Å². The molecule has 0 spiro atoms. The van der Waals surface area contributed by atoms with Gasteiger partial charge in [-0.2, -0.15) is 0 Å². The highest BCUT2D eigenvalue weighted by molar-refractivity contribution is 8.00. The van der Waals surface area contributed by atoms with Crippen LogP contribution < -0.4 is 9.64 Å². The zero-order valence-corrected chi connectivity index (χ0v) is 14.7. The van der Waals surface area contributed by atoms with Crippen LogP contribution in [0.15, 0.2) is 78.9 Å². The van der Waals surface area contributed by atoms with Crippen molar-refractivity contribution in [2.75, 3.05) is 10.7 Å². The molecule has 1 saturated heterocycles. The van der Waals surface area contributed by atoms with E-state index in [2.05, 4.69) is 0 Å². The molecule has 1 aliphatic rings. The quantitative estimate of drug-likeness (QED) is 0.620. The van der Waals surface area contributed by atoms with Crippen molar-refractivity contribution in [3.05, 3.63) is 90.2 Å². The van der Waals surface area contributed by atoms with E-state index in [9.17, 15) is 9.18 Å². The average Bonchev–Trinajstić information content (AvgIpc) is 3.05. The monoisotopic (exact) mass is 365 g/mol. The maximum Gasteiger partial charge on any atom is 0.238 e. The molecule has 3 nitrogen and oxygen atoms in total. The molecule has 1 unspecified atom stereocenters. The van der Waals surface area contributed by atoms with Crippen LogP contribution in [0.4, 0.5) is 10.1 Å². The third-order valence-electron chi connectivity index (χ3n) is 4.12. The van der Waals surface area contributed by atoms with E-state index in [0.717, 1.165) is 17.0 Å². The van der Waals surface area contributed by atoms with Gasteiger partial charge in [-0.15, -0.1) is 11.8 Å². The summed E-state index contributed by atoms with van der Waals surface area (Å²) in [5, 5.41) is -0.149. The number of hydrogen-bond acceptors (Lipinski definition) is 3. The van der Waals surface area contributed by atoms with Gasteiger partial charge in [0.05, 0.1) is 5.75 Å². The van der Waals surface area contributed by atoms with Gasteiger partial charge in [-0.3, -0.25) is 9.69 Å². The van der Waals surface area contributed by atoms with E-state index in [1.807, 2.05) is 54.6 Å². The molecule has 0 saturated carbocycles. The number of carbonyl (C=O) groups is 1. The second-order valence-corrected chi connectivity index (χ2v) is 6.96. The Labute approximate surface area is 155 Å². The summed E-state index contributed by atoms with van der Waals surface area (Å²) < 4.78 is 19.0.